The van der Waals surface area contributed by atoms with E-state index in [2.05, 4.69) is 10.3 Å². The van der Waals surface area contributed by atoms with Gasteiger partial charge in [-0.15, -0.1) is 0 Å². The van der Waals surface area contributed by atoms with Crippen LogP contribution in [0.3, 0.4) is 0 Å². The number of ether oxygens (including phenoxy) is 2. The van der Waals surface area contributed by atoms with Crippen molar-refractivity contribution in [3.05, 3.63) is 23.8 Å². The molecule has 19 heavy (non-hydrogen) atoms. The number of hydrogen-bond acceptors (Lipinski definition) is 3. The lowest BCUT2D eigenvalue weighted by atomic mass is 10.2. The maximum atomic E-state index is 5.80. The number of nitrogens with two attached hydrogens (primary N) is 1. The third-order valence-electron chi connectivity index (χ3n) is 2.89. The van der Waals surface area contributed by atoms with Crippen LogP contribution in [-0.2, 0) is 6.54 Å². The van der Waals surface area contributed by atoms with Gasteiger partial charge in [0.1, 0.15) is 0 Å². The monoisotopic (exact) mass is 263 g/mol. The van der Waals surface area contributed by atoms with Crippen LogP contribution in [0.1, 0.15) is 25.3 Å². The van der Waals surface area contributed by atoms with E-state index in [1.165, 1.54) is 12.8 Å². The van der Waals surface area contributed by atoms with E-state index < -0.39 is 0 Å². The summed E-state index contributed by atoms with van der Waals surface area (Å²) in [5, 5.41) is 3.16. The first-order valence-corrected chi connectivity index (χ1v) is 6.59. The predicted octanol–water partition coefficient (Wildman–Crippen LogP) is 1.66. The fraction of sp³-hybridized carbons (Fsp3) is 0.500. The Labute approximate surface area is 113 Å². The van der Waals surface area contributed by atoms with E-state index in [0.717, 1.165) is 17.1 Å². The molecule has 1 aromatic rings. The Bertz CT molecular complexity index is 456. The highest BCUT2D eigenvalue weighted by atomic mass is 16.5. The van der Waals surface area contributed by atoms with Crippen molar-refractivity contribution in [2.45, 2.75) is 32.4 Å². The van der Waals surface area contributed by atoms with Gasteiger partial charge >= 0.3 is 0 Å². The molecule has 1 aliphatic rings. The van der Waals surface area contributed by atoms with Gasteiger partial charge in [-0.3, -0.25) is 0 Å². The Morgan fingerprint density at radius 1 is 1.42 bits per heavy atom. The van der Waals surface area contributed by atoms with E-state index in [4.69, 9.17) is 15.2 Å². The molecular formula is C14H21N3O2. The van der Waals surface area contributed by atoms with Crippen molar-refractivity contribution in [2.75, 3.05) is 13.7 Å². The van der Waals surface area contributed by atoms with E-state index in [1.807, 2.05) is 25.1 Å². The Morgan fingerprint density at radius 2 is 2.21 bits per heavy atom. The summed E-state index contributed by atoms with van der Waals surface area (Å²) in [5.74, 6) is 1.99. The summed E-state index contributed by atoms with van der Waals surface area (Å²) in [6.07, 6.45) is 2.38. The second-order valence-electron chi connectivity index (χ2n) is 4.54. The number of benzene rings is 1. The summed E-state index contributed by atoms with van der Waals surface area (Å²) in [6.45, 7) is 3.09. The van der Waals surface area contributed by atoms with Crippen LogP contribution in [0, 0.1) is 0 Å². The largest absolute Gasteiger partial charge is 0.493 e. The molecular weight excluding hydrogens is 242 g/mol. The first-order chi connectivity index (χ1) is 9.22. The minimum atomic E-state index is 0.510. The topological polar surface area (TPSA) is 68.9 Å². The van der Waals surface area contributed by atoms with Crippen LogP contribution >= 0.6 is 0 Å². The molecule has 0 radical (unpaired) electrons. The summed E-state index contributed by atoms with van der Waals surface area (Å²) in [6, 6.07) is 6.32. The van der Waals surface area contributed by atoms with Crippen LogP contribution in [0.2, 0.25) is 0 Å². The second kappa shape index (κ2) is 6.31. The number of methoxy groups -OCH3 is 1. The molecule has 0 spiro atoms. The molecule has 104 valence electrons. The van der Waals surface area contributed by atoms with Crippen LogP contribution in [-0.4, -0.2) is 25.7 Å². The van der Waals surface area contributed by atoms with Crippen molar-refractivity contribution >= 4 is 5.96 Å². The average Bonchev–Trinajstić information content (AvgIpc) is 3.21. The van der Waals surface area contributed by atoms with Crippen molar-refractivity contribution in [3.63, 3.8) is 0 Å². The minimum Gasteiger partial charge on any atom is -0.493 e. The first-order valence-electron chi connectivity index (χ1n) is 6.59. The fourth-order valence-electron chi connectivity index (χ4n) is 1.75. The number of guanidine groups is 1. The normalized spacial score (nSPS) is 15.2. The smallest absolute Gasteiger partial charge is 0.189 e. The zero-order valence-electron chi connectivity index (χ0n) is 11.5. The minimum absolute atomic E-state index is 0.510. The van der Waals surface area contributed by atoms with Gasteiger partial charge in [0.05, 0.1) is 20.3 Å². The maximum Gasteiger partial charge on any atom is 0.189 e. The van der Waals surface area contributed by atoms with Crippen molar-refractivity contribution in [2.24, 2.45) is 10.7 Å². The number of rotatable bonds is 6. The molecule has 1 saturated carbocycles. The van der Waals surface area contributed by atoms with Crippen molar-refractivity contribution < 1.29 is 9.47 Å². The second-order valence-corrected chi connectivity index (χ2v) is 4.54. The molecule has 0 aromatic heterocycles. The molecule has 0 bridgehead atoms. The van der Waals surface area contributed by atoms with Gasteiger partial charge in [0.25, 0.3) is 0 Å². The lowest BCUT2D eigenvalue weighted by molar-refractivity contribution is 0.310. The molecule has 0 heterocycles. The van der Waals surface area contributed by atoms with Gasteiger partial charge in [0.15, 0.2) is 17.5 Å². The molecule has 0 aliphatic heterocycles. The highest BCUT2D eigenvalue weighted by Gasteiger charge is 2.21. The maximum absolute atomic E-state index is 5.80. The van der Waals surface area contributed by atoms with E-state index >= 15 is 0 Å². The third-order valence-corrected chi connectivity index (χ3v) is 2.89. The van der Waals surface area contributed by atoms with E-state index in [-0.39, 0.29) is 0 Å². The Balaban J connectivity index is 2.00. The number of hydrogen-bond donors (Lipinski definition) is 2. The summed E-state index contributed by atoms with van der Waals surface area (Å²) >= 11 is 0. The Kier molecular flexibility index (Phi) is 4.49. The SMILES string of the molecule is CCOc1cc(CN=C(N)NC2CC2)ccc1OC. The van der Waals surface area contributed by atoms with Gasteiger partial charge < -0.3 is 20.5 Å². The Morgan fingerprint density at radius 3 is 2.84 bits per heavy atom. The molecule has 0 amide bonds. The van der Waals surface area contributed by atoms with Crippen LogP contribution in [0.25, 0.3) is 0 Å². The van der Waals surface area contributed by atoms with E-state index in [1.54, 1.807) is 7.11 Å². The zero-order valence-corrected chi connectivity index (χ0v) is 11.5. The highest BCUT2D eigenvalue weighted by molar-refractivity contribution is 5.78. The zero-order chi connectivity index (χ0) is 13.7. The van der Waals surface area contributed by atoms with Gasteiger partial charge in [-0.05, 0) is 37.5 Å². The standard InChI is InChI=1S/C14H21N3O2/c1-3-19-13-8-10(4-7-12(13)18-2)9-16-14(15)17-11-5-6-11/h4,7-8,11H,3,5-6,9H2,1-2H3,(H3,15,16,17). The molecule has 5 nitrogen and oxygen atoms in total. The van der Waals surface area contributed by atoms with Crippen molar-refractivity contribution in [1.29, 1.82) is 0 Å². The third kappa shape index (κ3) is 4.05. The molecule has 0 unspecified atom stereocenters. The quantitative estimate of drug-likeness (QED) is 0.605. The highest BCUT2D eigenvalue weighted by Crippen LogP contribution is 2.28. The summed E-state index contributed by atoms with van der Waals surface area (Å²) in [5.41, 5.74) is 6.84. The van der Waals surface area contributed by atoms with Crippen LogP contribution in [0.15, 0.2) is 23.2 Å². The molecule has 1 aliphatic carbocycles. The number of nitrogens with one attached hydrogen (secondary N) is 1. The fourth-order valence-corrected chi connectivity index (χ4v) is 1.75. The lowest BCUT2D eigenvalue weighted by Crippen LogP contribution is -2.33. The van der Waals surface area contributed by atoms with Crippen LogP contribution < -0.4 is 20.5 Å². The van der Waals surface area contributed by atoms with Crippen LogP contribution in [0.4, 0.5) is 0 Å². The van der Waals surface area contributed by atoms with Gasteiger partial charge in [-0.1, -0.05) is 6.07 Å². The van der Waals surface area contributed by atoms with E-state index in [9.17, 15) is 0 Å². The summed E-state index contributed by atoms with van der Waals surface area (Å²) < 4.78 is 10.8. The van der Waals surface area contributed by atoms with Gasteiger partial charge in [0.2, 0.25) is 0 Å². The van der Waals surface area contributed by atoms with Gasteiger partial charge in [-0.2, -0.15) is 0 Å². The molecule has 0 atom stereocenters. The number of aliphatic imine (C=N–C) groups is 1. The molecule has 2 rings (SSSR count). The van der Waals surface area contributed by atoms with Crippen molar-refractivity contribution in [1.82, 2.24) is 5.32 Å². The molecule has 1 fully saturated rings. The number of nitrogens with zero attached hydrogens (tertiary/aromatic N) is 1. The molecule has 3 N–H and O–H groups in total. The first kappa shape index (κ1) is 13.5. The average molecular weight is 263 g/mol. The molecule has 0 saturated heterocycles. The predicted molar refractivity (Wildman–Crippen MR) is 75.6 cm³/mol. The van der Waals surface area contributed by atoms with Crippen molar-refractivity contribution in [3.8, 4) is 11.5 Å². The van der Waals surface area contributed by atoms with Gasteiger partial charge in [0, 0.05) is 6.04 Å². The molecule has 5 heteroatoms. The summed E-state index contributed by atoms with van der Waals surface area (Å²) in [4.78, 5) is 4.32. The molecule has 1 aromatic carbocycles. The Hall–Kier alpha value is -1.91. The summed E-state index contributed by atoms with van der Waals surface area (Å²) in [7, 11) is 1.63. The lowest BCUT2D eigenvalue weighted by Gasteiger charge is -2.10. The van der Waals surface area contributed by atoms with Gasteiger partial charge in [-0.25, -0.2) is 4.99 Å². The van der Waals surface area contributed by atoms with E-state index in [0.29, 0.717) is 25.2 Å². The van der Waals surface area contributed by atoms with Crippen LogP contribution in [0.5, 0.6) is 11.5 Å².